The fourth-order valence-corrected chi connectivity index (χ4v) is 2.25. The van der Waals surface area contributed by atoms with Crippen molar-refractivity contribution in [2.75, 3.05) is 0 Å². The molecule has 0 aliphatic carbocycles. The van der Waals surface area contributed by atoms with Gasteiger partial charge in [-0.3, -0.25) is 4.99 Å². The van der Waals surface area contributed by atoms with Crippen LogP contribution in [0.1, 0.15) is 61.8 Å². The summed E-state index contributed by atoms with van der Waals surface area (Å²) in [7, 11) is 0. The normalized spacial score (nSPS) is 23.1. The third-order valence-electron chi connectivity index (χ3n) is 3.94. The van der Waals surface area contributed by atoms with Gasteiger partial charge in [0.25, 0.3) is 0 Å². The first-order valence-corrected chi connectivity index (χ1v) is 8.78. The summed E-state index contributed by atoms with van der Waals surface area (Å²) >= 11 is 0. The molecule has 8 heteroatoms. The molecular weight excluding hydrogens is 353 g/mol. The molecule has 1 unspecified atom stereocenters. The van der Waals surface area contributed by atoms with Crippen LogP contribution < -0.4 is 0 Å². The standard InChI is InChI=1S/C19H30FN3O4/c1-12-10-14(21-11-22-19(12,9)13(2)20)23(15(24)26-17(3,4)5)16(25)27-18(6,7)8/h11-12H,2,10H2,1,3-9H3/t12-,19?/m1/s1. The number of rotatable bonds is 1. The molecule has 1 aliphatic rings. The first kappa shape index (κ1) is 22.8. The van der Waals surface area contributed by atoms with E-state index in [0.29, 0.717) is 0 Å². The largest absolute Gasteiger partial charge is 0.443 e. The predicted molar refractivity (Wildman–Crippen MR) is 103 cm³/mol. The molecule has 0 aromatic heterocycles. The van der Waals surface area contributed by atoms with Crippen LogP contribution in [0.25, 0.3) is 0 Å². The number of hydrogen-bond acceptors (Lipinski definition) is 6. The third kappa shape index (κ3) is 6.15. The molecule has 152 valence electrons. The zero-order valence-corrected chi connectivity index (χ0v) is 17.4. The Kier molecular flexibility index (Phi) is 6.57. The molecule has 0 aromatic rings. The Hall–Kier alpha value is -2.25. The van der Waals surface area contributed by atoms with Crippen molar-refractivity contribution in [3.8, 4) is 0 Å². The summed E-state index contributed by atoms with van der Waals surface area (Å²) in [5.41, 5.74) is -2.87. The maximum absolute atomic E-state index is 13.9. The van der Waals surface area contributed by atoms with Crippen molar-refractivity contribution in [3.63, 3.8) is 0 Å². The monoisotopic (exact) mass is 383 g/mol. The van der Waals surface area contributed by atoms with Crippen molar-refractivity contribution in [1.82, 2.24) is 4.90 Å². The number of nitrogens with zero attached hydrogens (tertiary/aromatic N) is 3. The van der Waals surface area contributed by atoms with E-state index in [1.165, 1.54) is 0 Å². The van der Waals surface area contributed by atoms with Gasteiger partial charge in [0.05, 0.1) is 0 Å². The first-order chi connectivity index (χ1) is 12.1. The van der Waals surface area contributed by atoms with Crippen LogP contribution in [-0.2, 0) is 9.47 Å². The summed E-state index contributed by atoms with van der Waals surface area (Å²) in [6.45, 7) is 16.8. The smallest absolute Gasteiger partial charge is 0.425 e. The number of hydrogen-bond donors (Lipinski definition) is 0. The Morgan fingerprint density at radius 3 is 2.00 bits per heavy atom. The molecule has 0 radical (unpaired) electrons. The molecule has 0 fully saturated rings. The van der Waals surface area contributed by atoms with Gasteiger partial charge in [-0.2, -0.15) is 4.90 Å². The van der Waals surface area contributed by atoms with Crippen LogP contribution in [0.3, 0.4) is 0 Å². The van der Waals surface area contributed by atoms with Crippen LogP contribution in [-0.4, -0.2) is 46.0 Å². The number of ether oxygens (including phenoxy) is 2. The van der Waals surface area contributed by atoms with Crippen LogP contribution in [0.4, 0.5) is 14.0 Å². The zero-order chi connectivity index (χ0) is 21.2. The predicted octanol–water partition coefficient (Wildman–Crippen LogP) is 4.87. The number of aliphatic imine (C=N–C) groups is 2. The third-order valence-corrected chi connectivity index (χ3v) is 3.94. The Morgan fingerprint density at radius 1 is 1.19 bits per heavy atom. The van der Waals surface area contributed by atoms with E-state index >= 15 is 0 Å². The lowest BCUT2D eigenvalue weighted by Gasteiger charge is -2.31. The number of carbonyl (C=O) groups excluding carboxylic acids is 2. The maximum Gasteiger partial charge on any atom is 0.425 e. The molecule has 1 aliphatic heterocycles. The van der Waals surface area contributed by atoms with E-state index in [1.807, 2.05) is 0 Å². The number of amides is 2. The van der Waals surface area contributed by atoms with Crippen molar-refractivity contribution >= 4 is 24.4 Å². The number of halogens is 1. The minimum Gasteiger partial charge on any atom is -0.443 e. The molecule has 0 saturated carbocycles. The summed E-state index contributed by atoms with van der Waals surface area (Å²) in [6, 6.07) is 0. The molecule has 2 amide bonds. The SMILES string of the molecule is C=C(F)C1(C)N=CN=C(N(C(=O)OC(C)(C)C)C(=O)OC(C)(C)C)C[C@H]1C. The highest BCUT2D eigenvalue weighted by Crippen LogP contribution is 2.34. The molecule has 0 saturated heterocycles. The van der Waals surface area contributed by atoms with E-state index in [4.69, 9.17) is 9.47 Å². The average Bonchev–Trinajstić information content (AvgIpc) is 2.55. The fourth-order valence-electron chi connectivity index (χ4n) is 2.25. The summed E-state index contributed by atoms with van der Waals surface area (Å²) in [5.74, 6) is -0.969. The molecule has 1 heterocycles. The van der Waals surface area contributed by atoms with Crippen LogP contribution in [0.2, 0.25) is 0 Å². The van der Waals surface area contributed by atoms with E-state index in [-0.39, 0.29) is 12.3 Å². The second-order valence-corrected chi connectivity index (χ2v) is 8.74. The topological polar surface area (TPSA) is 80.6 Å². The molecule has 7 nitrogen and oxygen atoms in total. The molecular formula is C19H30FN3O4. The molecule has 0 N–H and O–H groups in total. The Labute approximate surface area is 160 Å². The van der Waals surface area contributed by atoms with Gasteiger partial charge in [-0.05, 0) is 54.4 Å². The summed E-state index contributed by atoms with van der Waals surface area (Å²) in [6.07, 6.45) is -0.610. The minimum absolute atomic E-state index is 0.0692. The van der Waals surface area contributed by atoms with E-state index < -0.39 is 40.7 Å². The molecule has 1 rings (SSSR count). The Morgan fingerprint density at radius 2 is 1.63 bits per heavy atom. The van der Waals surface area contributed by atoms with Gasteiger partial charge in [0.15, 0.2) is 0 Å². The fraction of sp³-hybridized carbons (Fsp3) is 0.684. The summed E-state index contributed by atoms with van der Waals surface area (Å²) < 4.78 is 24.6. The van der Waals surface area contributed by atoms with Gasteiger partial charge >= 0.3 is 12.2 Å². The van der Waals surface area contributed by atoms with Crippen LogP contribution in [0.15, 0.2) is 22.4 Å². The molecule has 0 bridgehead atoms. The first-order valence-electron chi connectivity index (χ1n) is 8.78. The van der Waals surface area contributed by atoms with Gasteiger partial charge in [-0.1, -0.05) is 13.5 Å². The summed E-state index contributed by atoms with van der Waals surface area (Å²) in [4.78, 5) is 34.3. The van der Waals surface area contributed by atoms with Crippen molar-refractivity contribution in [1.29, 1.82) is 0 Å². The summed E-state index contributed by atoms with van der Waals surface area (Å²) in [5, 5.41) is 0. The van der Waals surface area contributed by atoms with Gasteiger partial charge in [-0.15, -0.1) is 0 Å². The van der Waals surface area contributed by atoms with Crippen LogP contribution in [0.5, 0.6) is 0 Å². The van der Waals surface area contributed by atoms with Gasteiger partial charge in [0, 0.05) is 6.42 Å². The molecule has 0 spiro atoms. The highest BCUT2D eigenvalue weighted by molar-refractivity contribution is 6.10. The Bertz CT molecular complexity index is 645. The molecule has 2 atom stereocenters. The van der Waals surface area contributed by atoms with E-state index in [1.54, 1.807) is 55.4 Å². The van der Waals surface area contributed by atoms with Crippen molar-refractivity contribution in [3.05, 3.63) is 12.4 Å². The maximum atomic E-state index is 13.9. The van der Waals surface area contributed by atoms with Gasteiger partial charge in [0.2, 0.25) is 0 Å². The average molecular weight is 383 g/mol. The van der Waals surface area contributed by atoms with E-state index in [2.05, 4.69) is 16.6 Å². The van der Waals surface area contributed by atoms with E-state index in [0.717, 1.165) is 11.2 Å². The number of imide groups is 1. The molecule has 27 heavy (non-hydrogen) atoms. The van der Waals surface area contributed by atoms with Crippen molar-refractivity contribution < 1.29 is 23.5 Å². The molecule has 0 aromatic carbocycles. The Balaban J connectivity index is 3.26. The number of amidine groups is 1. The quantitative estimate of drug-likeness (QED) is 0.647. The van der Waals surface area contributed by atoms with Crippen LogP contribution >= 0.6 is 0 Å². The van der Waals surface area contributed by atoms with Gasteiger partial charge in [0.1, 0.15) is 34.7 Å². The minimum atomic E-state index is -1.21. The van der Waals surface area contributed by atoms with Gasteiger partial charge in [-0.25, -0.2) is 19.0 Å². The van der Waals surface area contributed by atoms with Gasteiger partial charge < -0.3 is 9.47 Å². The highest BCUT2D eigenvalue weighted by atomic mass is 19.1. The zero-order valence-electron chi connectivity index (χ0n) is 17.4. The van der Waals surface area contributed by atoms with Crippen molar-refractivity contribution in [2.24, 2.45) is 15.9 Å². The van der Waals surface area contributed by atoms with Crippen LogP contribution in [0, 0.1) is 5.92 Å². The second-order valence-electron chi connectivity index (χ2n) is 8.74. The second kappa shape index (κ2) is 7.78. The lowest BCUT2D eigenvalue weighted by molar-refractivity contribution is 0.0142. The lowest BCUT2D eigenvalue weighted by atomic mass is 9.84. The number of carbonyl (C=O) groups is 2. The highest BCUT2D eigenvalue weighted by Gasteiger charge is 2.41. The lowest BCUT2D eigenvalue weighted by Crippen LogP contribution is -2.48. The van der Waals surface area contributed by atoms with E-state index in [9.17, 15) is 14.0 Å². The van der Waals surface area contributed by atoms with Crippen molar-refractivity contribution in [2.45, 2.75) is 78.6 Å².